The molecule has 2 heterocycles. The first-order valence-electron chi connectivity index (χ1n) is 6.03. The van der Waals surface area contributed by atoms with E-state index in [-0.39, 0.29) is 0 Å². The largest absolute Gasteiger partial charge is 0.436 e. The zero-order valence-corrected chi connectivity index (χ0v) is 10.8. The highest BCUT2D eigenvalue weighted by atomic mass is 16.5. The summed E-state index contributed by atoms with van der Waals surface area (Å²) in [6.07, 6.45) is 5.46. The van der Waals surface area contributed by atoms with Gasteiger partial charge in [0.1, 0.15) is 11.6 Å². The van der Waals surface area contributed by atoms with Gasteiger partial charge >= 0.3 is 0 Å². The van der Waals surface area contributed by atoms with Gasteiger partial charge in [-0.05, 0) is 18.6 Å². The molecule has 19 heavy (non-hydrogen) atoms. The first-order valence-corrected chi connectivity index (χ1v) is 6.03. The third-order valence-corrected chi connectivity index (χ3v) is 2.90. The molecule has 2 aromatic heterocycles. The average molecular weight is 254 g/mol. The highest BCUT2D eigenvalue weighted by Gasteiger charge is 2.10. The van der Waals surface area contributed by atoms with Crippen molar-refractivity contribution in [3.05, 3.63) is 48.4 Å². The van der Waals surface area contributed by atoms with E-state index in [1.165, 1.54) is 0 Å². The van der Waals surface area contributed by atoms with Gasteiger partial charge in [-0.25, -0.2) is 4.98 Å². The first-order chi connectivity index (χ1) is 9.28. The van der Waals surface area contributed by atoms with Crippen LogP contribution in [0, 0.1) is 6.92 Å². The zero-order chi connectivity index (χ0) is 13.2. The minimum absolute atomic E-state index is 0.492. The number of benzene rings is 1. The molecule has 1 N–H and O–H groups in total. The Morgan fingerprint density at radius 1 is 1.26 bits per heavy atom. The lowest BCUT2D eigenvalue weighted by atomic mass is 10.2. The molecule has 0 saturated carbocycles. The molecule has 0 atom stereocenters. The van der Waals surface area contributed by atoms with E-state index >= 15 is 0 Å². The summed E-state index contributed by atoms with van der Waals surface area (Å²) < 4.78 is 7.77. The molecule has 0 amide bonds. The third kappa shape index (κ3) is 2.10. The van der Waals surface area contributed by atoms with Gasteiger partial charge in [0.25, 0.3) is 5.88 Å². The maximum absolute atomic E-state index is 5.89. The molecule has 0 spiro atoms. The van der Waals surface area contributed by atoms with Crippen molar-refractivity contribution in [2.45, 2.75) is 6.92 Å². The van der Waals surface area contributed by atoms with Crippen LogP contribution in [0.15, 0.2) is 42.9 Å². The van der Waals surface area contributed by atoms with E-state index in [0.29, 0.717) is 11.5 Å². The minimum atomic E-state index is 0.492. The number of fused-ring (bicyclic) bond motifs is 1. The Morgan fingerprint density at radius 3 is 2.89 bits per heavy atom. The summed E-state index contributed by atoms with van der Waals surface area (Å²) in [6, 6.07) is 7.83. The summed E-state index contributed by atoms with van der Waals surface area (Å²) in [6.45, 7) is 2.00. The summed E-state index contributed by atoms with van der Waals surface area (Å²) in [5.74, 6) is 2.01. The average Bonchev–Trinajstić information content (AvgIpc) is 2.89. The number of para-hydroxylation sites is 1. The monoisotopic (exact) mass is 254 g/mol. The zero-order valence-electron chi connectivity index (χ0n) is 10.8. The fourth-order valence-corrected chi connectivity index (χ4v) is 1.87. The van der Waals surface area contributed by atoms with Gasteiger partial charge in [0.05, 0.1) is 6.20 Å². The van der Waals surface area contributed by atoms with Gasteiger partial charge in [-0.3, -0.25) is 4.40 Å². The van der Waals surface area contributed by atoms with Crippen LogP contribution >= 0.6 is 0 Å². The standard InChI is InChI=1S/C14H14N4O/c1-10-5-3-4-6-11(10)19-14-13-16-7-8-18(13)9-12(15-2)17-14/h3-9,15H,1-2H3. The van der Waals surface area contributed by atoms with E-state index in [0.717, 1.165) is 17.1 Å². The van der Waals surface area contributed by atoms with Crippen LogP contribution in [-0.4, -0.2) is 21.4 Å². The van der Waals surface area contributed by atoms with Crippen molar-refractivity contribution in [3.8, 4) is 11.6 Å². The van der Waals surface area contributed by atoms with Crippen LogP contribution < -0.4 is 10.1 Å². The molecule has 0 aliphatic rings. The Morgan fingerprint density at radius 2 is 2.11 bits per heavy atom. The lowest BCUT2D eigenvalue weighted by Crippen LogP contribution is -2.00. The maximum atomic E-state index is 5.89. The lowest BCUT2D eigenvalue weighted by molar-refractivity contribution is 0.462. The third-order valence-electron chi connectivity index (χ3n) is 2.90. The van der Waals surface area contributed by atoms with Gasteiger partial charge in [0.15, 0.2) is 0 Å². The van der Waals surface area contributed by atoms with Gasteiger partial charge in [0.2, 0.25) is 5.65 Å². The highest BCUT2D eigenvalue weighted by molar-refractivity contribution is 5.55. The number of ether oxygens (including phenoxy) is 1. The van der Waals surface area contributed by atoms with E-state index in [1.807, 2.05) is 55.0 Å². The number of imidazole rings is 1. The van der Waals surface area contributed by atoms with Gasteiger partial charge in [0, 0.05) is 19.4 Å². The molecule has 3 rings (SSSR count). The lowest BCUT2D eigenvalue weighted by Gasteiger charge is -2.10. The Hall–Kier alpha value is -2.56. The molecular weight excluding hydrogens is 240 g/mol. The second-order valence-electron chi connectivity index (χ2n) is 4.21. The molecule has 0 saturated heterocycles. The van der Waals surface area contributed by atoms with Crippen molar-refractivity contribution in [1.29, 1.82) is 0 Å². The van der Waals surface area contributed by atoms with Crippen molar-refractivity contribution < 1.29 is 4.74 Å². The fraction of sp³-hybridized carbons (Fsp3) is 0.143. The number of hydrogen-bond donors (Lipinski definition) is 1. The number of nitrogens with zero attached hydrogens (tertiary/aromatic N) is 3. The van der Waals surface area contributed by atoms with Gasteiger partial charge < -0.3 is 10.1 Å². The number of rotatable bonds is 3. The maximum Gasteiger partial charge on any atom is 0.265 e. The molecule has 5 nitrogen and oxygen atoms in total. The Balaban J connectivity index is 2.09. The van der Waals surface area contributed by atoms with E-state index in [1.54, 1.807) is 6.20 Å². The predicted octanol–water partition coefficient (Wildman–Crippen LogP) is 2.87. The molecule has 0 aliphatic heterocycles. The molecule has 0 bridgehead atoms. The van der Waals surface area contributed by atoms with Crippen molar-refractivity contribution in [2.75, 3.05) is 12.4 Å². The van der Waals surface area contributed by atoms with E-state index in [4.69, 9.17) is 4.74 Å². The number of anilines is 1. The molecule has 3 aromatic rings. The van der Waals surface area contributed by atoms with Crippen LogP contribution in [0.1, 0.15) is 5.56 Å². The van der Waals surface area contributed by atoms with Crippen LogP contribution in [0.5, 0.6) is 11.6 Å². The molecule has 96 valence electrons. The van der Waals surface area contributed by atoms with Crippen molar-refractivity contribution in [2.24, 2.45) is 0 Å². The summed E-state index contributed by atoms with van der Waals surface area (Å²) in [5.41, 5.74) is 1.76. The summed E-state index contributed by atoms with van der Waals surface area (Å²) in [5, 5.41) is 3.01. The topological polar surface area (TPSA) is 51.5 Å². The molecule has 0 unspecified atom stereocenters. The van der Waals surface area contributed by atoms with Crippen LogP contribution in [0.4, 0.5) is 5.82 Å². The second-order valence-corrected chi connectivity index (χ2v) is 4.21. The van der Waals surface area contributed by atoms with E-state index in [9.17, 15) is 0 Å². The molecule has 0 aliphatic carbocycles. The molecule has 0 fully saturated rings. The SMILES string of the molecule is CNc1cn2ccnc2c(Oc2ccccc2C)n1. The predicted molar refractivity (Wildman–Crippen MR) is 73.8 cm³/mol. The smallest absolute Gasteiger partial charge is 0.265 e. The molecule has 1 aromatic carbocycles. The Labute approximate surface area is 110 Å². The number of aryl methyl sites for hydroxylation is 1. The molecule has 0 radical (unpaired) electrons. The number of nitrogens with one attached hydrogen (secondary N) is 1. The summed E-state index contributed by atoms with van der Waals surface area (Å²) in [7, 11) is 1.82. The number of aromatic nitrogens is 3. The quantitative estimate of drug-likeness (QED) is 0.780. The normalized spacial score (nSPS) is 10.6. The first kappa shape index (κ1) is 11.5. The minimum Gasteiger partial charge on any atom is -0.436 e. The van der Waals surface area contributed by atoms with Crippen molar-refractivity contribution in [1.82, 2.24) is 14.4 Å². The van der Waals surface area contributed by atoms with Crippen LogP contribution in [-0.2, 0) is 0 Å². The Bertz CT molecular complexity index is 720. The second kappa shape index (κ2) is 4.61. The van der Waals surface area contributed by atoms with Crippen LogP contribution in [0.25, 0.3) is 5.65 Å². The van der Waals surface area contributed by atoms with Gasteiger partial charge in [-0.15, -0.1) is 0 Å². The fourth-order valence-electron chi connectivity index (χ4n) is 1.87. The van der Waals surface area contributed by atoms with E-state index < -0.39 is 0 Å². The van der Waals surface area contributed by atoms with Crippen LogP contribution in [0.2, 0.25) is 0 Å². The highest BCUT2D eigenvalue weighted by Crippen LogP contribution is 2.27. The summed E-state index contributed by atoms with van der Waals surface area (Å²) in [4.78, 5) is 8.68. The van der Waals surface area contributed by atoms with Crippen molar-refractivity contribution >= 4 is 11.5 Å². The molecular formula is C14H14N4O. The van der Waals surface area contributed by atoms with E-state index in [2.05, 4.69) is 15.3 Å². The van der Waals surface area contributed by atoms with Crippen molar-refractivity contribution in [3.63, 3.8) is 0 Å². The van der Waals surface area contributed by atoms with Crippen LogP contribution in [0.3, 0.4) is 0 Å². The molecule has 5 heteroatoms. The van der Waals surface area contributed by atoms with Gasteiger partial charge in [-0.2, -0.15) is 4.98 Å². The summed E-state index contributed by atoms with van der Waals surface area (Å²) >= 11 is 0. The Kier molecular flexibility index (Phi) is 2.79. The number of hydrogen-bond acceptors (Lipinski definition) is 4. The van der Waals surface area contributed by atoms with Gasteiger partial charge in [-0.1, -0.05) is 18.2 Å².